The predicted octanol–water partition coefficient (Wildman–Crippen LogP) is 18.9. The van der Waals surface area contributed by atoms with E-state index in [-0.39, 0.29) is 11.8 Å². The second kappa shape index (κ2) is 51.2. The van der Waals surface area contributed by atoms with Crippen LogP contribution in [0, 0.1) is 5.92 Å². The van der Waals surface area contributed by atoms with Crippen LogP contribution in [0.1, 0.15) is 291 Å². The zero-order valence-corrected chi connectivity index (χ0v) is 47.1. The number of hydrogen-bond donors (Lipinski definition) is 1. The van der Waals surface area contributed by atoms with E-state index in [0.717, 1.165) is 81.4 Å². The van der Waals surface area contributed by atoms with Gasteiger partial charge in [0.2, 0.25) is 11.8 Å². The van der Waals surface area contributed by atoms with Crippen LogP contribution in [0.5, 0.6) is 0 Å². The number of quaternary nitrogens is 1. The number of rotatable bonds is 52. The Hall–Kier alpha value is -2.14. The summed E-state index contributed by atoms with van der Waals surface area (Å²) in [7, 11) is 6.72. The quantitative estimate of drug-likeness (QED) is 0.0375. The van der Waals surface area contributed by atoms with Crippen molar-refractivity contribution in [1.82, 2.24) is 10.2 Å². The molecule has 398 valence electrons. The molecule has 68 heavy (non-hydrogen) atoms. The van der Waals surface area contributed by atoms with Crippen molar-refractivity contribution in [3.63, 3.8) is 0 Å². The maximum absolute atomic E-state index is 14.5. The molecule has 0 aromatic carbocycles. The topological polar surface area (TPSA) is 49.4 Å². The summed E-state index contributed by atoms with van der Waals surface area (Å²) in [5, 5.41) is 3.30. The molecule has 1 N–H and O–H groups in total. The highest BCUT2D eigenvalue weighted by Crippen LogP contribution is 2.18. The lowest BCUT2D eigenvalue weighted by Gasteiger charge is -2.29. The standard InChI is InChI=1S/C63H119N3O2/c1-8-11-14-17-20-22-24-26-28-30-32-34-36-39-44-50-57-65(58-51-45-40-38-42-47-54-60(4)53-46-41-19-16-13-10-3)63(68)61(55-49-52-59-66(5,6)7)64-62(67)56-48-43-37-35-33-31-29-27-25-23-21-18-15-12-9-2/h20,22,26-29,41,46,60-61H,8-19,21,23-25,30-40,42-45,47-59H2,1-7H3/p+1/b22-20-,28-26-,29-27-,46-41-. The molecule has 0 aromatic heterocycles. The maximum Gasteiger partial charge on any atom is 0.245 e. The van der Waals surface area contributed by atoms with Crippen LogP contribution in [0.4, 0.5) is 0 Å². The van der Waals surface area contributed by atoms with Crippen molar-refractivity contribution < 1.29 is 14.1 Å². The van der Waals surface area contributed by atoms with E-state index in [1.54, 1.807) is 0 Å². The van der Waals surface area contributed by atoms with Gasteiger partial charge in [-0.1, -0.05) is 218 Å². The van der Waals surface area contributed by atoms with Gasteiger partial charge in [0.25, 0.3) is 0 Å². The monoisotopic (exact) mass is 951 g/mol. The summed E-state index contributed by atoms with van der Waals surface area (Å²) in [5.41, 5.74) is 0. The van der Waals surface area contributed by atoms with E-state index in [1.807, 2.05) is 0 Å². The Kier molecular flexibility index (Phi) is 49.6. The third-order valence-corrected chi connectivity index (χ3v) is 13.9. The molecule has 5 nitrogen and oxygen atoms in total. The number of amides is 2. The molecule has 0 aliphatic rings. The Bertz CT molecular complexity index is 1200. The van der Waals surface area contributed by atoms with Gasteiger partial charge in [-0.15, -0.1) is 0 Å². The molecule has 0 aromatic rings. The van der Waals surface area contributed by atoms with Gasteiger partial charge in [-0.05, 0) is 121 Å². The first-order valence-electron chi connectivity index (χ1n) is 30.1. The molecule has 0 saturated heterocycles. The van der Waals surface area contributed by atoms with Crippen molar-refractivity contribution >= 4 is 11.8 Å². The van der Waals surface area contributed by atoms with Gasteiger partial charge in [-0.25, -0.2) is 0 Å². The molecule has 5 heteroatoms. The molecule has 0 saturated carbocycles. The van der Waals surface area contributed by atoms with E-state index in [9.17, 15) is 9.59 Å². The summed E-state index contributed by atoms with van der Waals surface area (Å²) in [5.74, 6) is 1.02. The van der Waals surface area contributed by atoms with Crippen LogP contribution in [0.15, 0.2) is 48.6 Å². The molecule has 0 fully saturated rings. The van der Waals surface area contributed by atoms with Gasteiger partial charge in [0.1, 0.15) is 6.04 Å². The largest absolute Gasteiger partial charge is 0.344 e. The smallest absolute Gasteiger partial charge is 0.245 e. The summed E-state index contributed by atoms with van der Waals surface area (Å²) in [6.45, 7) is 12.0. The van der Waals surface area contributed by atoms with Crippen LogP contribution in [0.3, 0.4) is 0 Å². The Morgan fingerprint density at radius 1 is 0.441 bits per heavy atom. The van der Waals surface area contributed by atoms with Crippen molar-refractivity contribution in [2.24, 2.45) is 5.92 Å². The van der Waals surface area contributed by atoms with Gasteiger partial charge in [-0.3, -0.25) is 9.59 Å². The fraction of sp³-hybridized carbons (Fsp3) is 0.841. The number of allylic oxidation sites excluding steroid dienone is 8. The van der Waals surface area contributed by atoms with Crippen molar-refractivity contribution in [3.05, 3.63) is 48.6 Å². The zero-order valence-electron chi connectivity index (χ0n) is 47.1. The first-order chi connectivity index (χ1) is 33.1. The lowest BCUT2D eigenvalue weighted by molar-refractivity contribution is -0.870. The fourth-order valence-electron chi connectivity index (χ4n) is 9.24. The molecular weight excluding hydrogens is 831 g/mol. The molecule has 2 unspecified atom stereocenters. The van der Waals surface area contributed by atoms with Gasteiger partial charge in [0.05, 0.1) is 27.7 Å². The van der Waals surface area contributed by atoms with Crippen molar-refractivity contribution in [3.8, 4) is 0 Å². The summed E-state index contributed by atoms with van der Waals surface area (Å²) in [6, 6.07) is -0.407. The van der Waals surface area contributed by atoms with E-state index >= 15 is 0 Å². The molecule has 0 aliphatic heterocycles. The average molecular weight is 952 g/mol. The van der Waals surface area contributed by atoms with Gasteiger partial charge in [0.15, 0.2) is 0 Å². The van der Waals surface area contributed by atoms with Crippen molar-refractivity contribution in [2.75, 3.05) is 40.8 Å². The third kappa shape index (κ3) is 48.9. The summed E-state index contributed by atoms with van der Waals surface area (Å²) < 4.78 is 0.926. The molecule has 2 atom stereocenters. The lowest BCUT2D eigenvalue weighted by atomic mass is 9.98. The number of hydrogen-bond acceptors (Lipinski definition) is 2. The molecule has 0 spiro atoms. The highest BCUT2D eigenvalue weighted by molar-refractivity contribution is 5.87. The second-order valence-corrected chi connectivity index (χ2v) is 22.1. The van der Waals surface area contributed by atoms with Gasteiger partial charge in [-0.2, -0.15) is 0 Å². The van der Waals surface area contributed by atoms with Crippen molar-refractivity contribution in [2.45, 2.75) is 297 Å². The Balaban J connectivity index is 5.08. The molecule has 2 amide bonds. The van der Waals surface area contributed by atoms with Gasteiger partial charge in [0, 0.05) is 19.5 Å². The number of nitrogens with one attached hydrogen (secondary N) is 1. The first-order valence-corrected chi connectivity index (χ1v) is 30.1. The van der Waals surface area contributed by atoms with Gasteiger partial charge >= 0.3 is 0 Å². The van der Waals surface area contributed by atoms with E-state index in [0.29, 0.717) is 6.42 Å². The van der Waals surface area contributed by atoms with Crippen LogP contribution < -0.4 is 5.32 Å². The van der Waals surface area contributed by atoms with Crippen LogP contribution in [-0.2, 0) is 9.59 Å². The highest BCUT2D eigenvalue weighted by atomic mass is 16.2. The minimum atomic E-state index is -0.407. The minimum Gasteiger partial charge on any atom is -0.344 e. The molecule has 0 heterocycles. The number of unbranched alkanes of at least 4 members (excludes halogenated alkanes) is 29. The van der Waals surface area contributed by atoms with E-state index in [1.165, 1.54) is 205 Å². The summed E-state index contributed by atoms with van der Waals surface area (Å²) in [4.78, 5) is 30.1. The molecule has 0 rings (SSSR count). The average Bonchev–Trinajstić information content (AvgIpc) is 3.31. The Labute approximate surface area is 426 Å². The summed E-state index contributed by atoms with van der Waals surface area (Å²) in [6.07, 6.45) is 68.4. The van der Waals surface area contributed by atoms with Gasteiger partial charge < -0.3 is 14.7 Å². The molecule has 0 aliphatic carbocycles. The summed E-state index contributed by atoms with van der Waals surface area (Å²) >= 11 is 0. The molecule has 0 bridgehead atoms. The fourth-order valence-corrected chi connectivity index (χ4v) is 9.24. The van der Waals surface area contributed by atoms with E-state index in [2.05, 4.69) is 108 Å². The van der Waals surface area contributed by atoms with Crippen LogP contribution >= 0.6 is 0 Å². The molecule has 0 radical (unpaired) electrons. The lowest BCUT2D eigenvalue weighted by Crippen LogP contribution is -2.49. The first kappa shape index (κ1) is 65.9. The van der Waals surface area contributed by atoms with Crippen LogP contribution in [-0.4, -0.2) is 68.0 Å². The zero-order chi connectivity index (χ0) is 49.9. The Morgan fingerprint density at radius 2 is 0.824 bits per heavy atom. The van der Waals surface area contributed by atoms with Crippen LogP contribution in [0.2, 0.25) is 0 Å². The number of carbonyl (C=O) groups excluding carboxylic acids is 2. The van der Waals surface area contributed by atoms with E-state index < -0.39 is 6.04 Å². The van der Waals surface area contributed by atoms with E-state index in [4.69, 9.17) is 0 Å². The number of carbonyl (C=O) groups is 2. The SMILES string of the molecule is CCCCC/C=C\C/C=C\CCCCCCCCN(CCCCCCCCC(C)C/C=C\CCCCC)C(=O)C(CCCC[N+](C)(C)C)NC(=O)CCCCCCC/C=C\CCCCCCCC. The third-order valence-electron chi connectivity index (χ3n) is 13.9. The minimum absolute atomic E-state index is 0.0681. The predicted molar refractivity (Wildman–Crippen MR) is 303 cm³/mol. The second-order valence-electron chi connectivity index (χ2n) is 22.1. The normalized spacial score (nSPS) is 13.2. The number of nitrogens with zero attached hydrogens (tertiary/aromatic N) is 2. The Morgan fingerprint density at radius 3 is 1.32 bits per heavy atom. The maximum atomic E-state index is 14.5. The van der Waals surface area contributed by atoms with Crippen LogP contribution in [0.25, 0.3) is 0 Å². The molecular formula is C63H120N3O2+. The highest BCUT2D eigenvalue weighted by Gasteiger charge is 2.25. The van der Waals surface area contributed by atoms with Crippen molar-refractivity contribution in [1.29, 1.82) is 0 Å².